The summed E-state index contributed by atoms with van der Waals surface area (Å²) in [5.41, 5.74) is -0.788. The van der Waals surface area contributed by atoms with Gasteiger partial charge in [0.25, 0.3) is 11.6 Å². The fourth-order valence-corrected chi connectivity index (χ4v) is 3.79. The Morgan fingerprint density at radius 1 is 1.28 bits per heavy atom. The largest absolute Gasteiger partial charge is 0.417 e. The lowest BCUT2D eigenvalue weighted by atomic mass is 9.91. The van der Waals surface area contributed by atoms with Crippen LogP contribution in [0.15, 0.2) is 34.9 Å². The van der Waals surface area contributed by atoms with Crippen molar-refractivity contribution in [3.8, 4) is 0 Å². The molecule has 3 heterocycles. The molecule has 5 nitrogen and oxygen atoms in total. The molecule has 9 heteroatoms. The highest BCUT2D eigenvalue weighted by Gasteiger charge is 2.38. The van der Waals surface area contributed by atoms with E-state index in [4.69, 9.17) is 4.52 Å². The number of hydrogen-bond donors (Lipinski definition) is 0. The van der Waals surface area contributed by atoms with Crippen LogP contribution in [0.1, 0.15) is 46.1 Å². The van der Waals surface area contributed by atoms with E-state index in [0.717, 1.165) is 6.07 Å². The number of halogens is 4. The molecule has 1 fully saturated rings. The number of fused-ring (bicyclic) bond motifs is 1. The smallest absolute Gasteiger partial charge is 0.338 e. The van der Waals surface area contributed by atoms with E-state index in [1.54, 1.807) is 6.07 Å². The lowest BCUT2D eigenvalue weighted by Gasteiger charge is -2.32. The van der Waals surface area contributed by atoms with Crippen LogP contribution in [0.4, 0.5) is 17.6 Å². The zero-order valence-corrected chi connectivity index (χ0v) is 15.5. The number of aryl methyl sites for hydroxylation is 1. The van der Waals surface area contributed by atoms with Gasteiger partial charge >= 0.3 is 6.18 Å². The number of piperidine rings is 1. The summed E-state index contributed by atoms with van der Waals surface area (Å²) in [6.07, 6.45) is -3.50. The van der Waals surface area contributed by atoms with Crippen LogP contribution in [0.25, 0.3) is 11.1 Å². The Morgan fingerprint density at radius 3 is 2.76 bits per heavy atom. The quantitative estimate of drug-likeness (QED) is 0.578. The lowest BCUT2D eigenvalue weighted by Crippen LogP contribution is -2.39. The number of rotatable bonds is 2. The second-order valence-electron chi connectivity index (χ2n) is 7.13. The van der Waals surface area contributed by atoms with Crippen LogP contribution in [0, 0.1) is 12.7 Å². The molecule has 1 amide bonds. The van der Waals surface area contributed by atoms with Crippen molar-refractivity contribution in [2.45, 2.75) is 31.9 Å². The van der Waals surface area contributed by atoms with Gasteiger partial charge in [0.15, 0.2) is 0 Å². The van der Waals surface area contributed by atoms with Crippen LogP contribution in [-0.2, 0) is 6.18 Å². The van der Waals surface area contributed by atoms with Crippen molar-refractivity contribution in [1.29, 1.82) is 0 Å². The maximum Gasteiger partial charge on any atom is 0.417 e. The first kappa shape index (κ1) is 19.4. The molecule has 1 saturated heterocycles. The van der Waals surface area contributed by atoms with Gasteiger partial charge in [-0.25, -0.2) is 9.37 Å². The molecule has 29 heavy (non-hydrogen) atoms. The van der Waals surface area contributed by atoms with Crippen molar-refractivity contribution in [3.05, 3.63) is 58.7 Å². The van der Waals surface area contributed by atoms with E-state index in [2.05, 4.69) is 10.1 Å². The van der Waals surface area contributed by atoms with Crippen molar-refractivity contribution in [1.82, 2.24) is 15.0 Å². The maximum absolute atomic E-state index is 14.0. The van der Waals surface area contributed by atoms with Gasteiger partial charge in [-0.3, -0.25) is 4.79 Å². The van der Waals surface area contributed by atoms with E-state index in [-0.39, 0.29) is 34.6 Å². The first-order valence-corrected chi connectivity index (χ1v) is 9.13. The Balaban J connectivity index is 1.70. The molecule has 1 aliphatic heterocycles. The summed E-state index contributed by atoms with van der Waals surface area (Å²) in [7, 11) is 0. The van der Waals surface area contributed by atoms with Gasteiger partial charge in [0.05, 0.1) is 22.2 Å². The Kier molecular flexibility index (Phi) is 4.76. The fourth-order valence-electron chi connectivity index (χ4n) is 3.79. The zero-order chi connectivity index (χ0) is 20.8. The molecule has 0 saturated carbocycles. The predicted octanol–water partition coefficient (Wildman–Crippen LogP) is 4.71. The van der Waals surface area contributed by atoms with Crippen LogP contribution in [0.5, 0.6) is 0 Å². The Hall–Kier alpha value is -2.97. The van der Waals surface area contributed by atoms with Gasteiger partial charge in [-0.05, 0) is 38.0 Å². The molecule has 1 aliphatic rings. The SMILES string of the molecule is Cc1cc(C(F)(F)F)c2c([C@@H]3CCCN(C(=O)c4ccccc4F)C3)noc2n1. The lowest BCUT2D eigenvalue weighted by molar-refractivity contribution is -0.136. The molecule has 0 unspecified atom stereocenters. The average molecular weight is 407 g/mol. The van der Waals surface area contributed by atoms with Crippen molar-refractivity contribution >= 4 is 17.0 Å². The third-order valence-corrected chi connectivity index (χ3v) is 5.11. The topological polar surface area (TPSA) is 59.2 Å². The second-order valence-corrected chi connectivity index (χ2v) is 7.13. The summed E-state index contributed by atoms with van der Waals surface area (Å²) in [6.45, 7) is 1.97. The van der Waals surface area contributed by atoms with E-state index < -0.39 is 29.4 Å². The summed E-state index contributed by atoms with van der Waals surface area (Å²) >= 11 is 0. The molecular weight excluding hydrogens is 390 g/mol. The zero-order valence-electron chi connectivity index (χ0n) is 15.5. The van der Waals surface area contributed by atoms with Gasteiger partial charge in [-0.2, -0.15) is 13.2 Å². The van der Waals surface area contributed by atoms with Gasteiger partial charge < -0.3 is 9.42 Å². The van der Waals surface area contributed by atoms with Crippen LogP contribution in [0.2, 0.25) is 0 Å². The monoisotopic (exact) mass is 407 g/mol. The number of nitrogens with zero attached hydrogens (tertiary/aromatic N) is 3. The number of carbonyl (C=O) groups is 1. The van der Waals surface area contributed by atoms with Gasteiger partial charge in [0.1, 0.15) is 5.82 Å². The summed E-state index contributed by atoms with van der Waals surface area (Å²) < 4.78 is 59.9. The van der Waals surface area contributed by atoms with Crippen LogP contribution in [0.3, 0.4) is 0 Å². The van der Waals surface area contributed by atoms with Gasteiger partial charge in [-0.1, -0.05) is 17.3 Å². The van der Waals surface area contributed by atoms with E-state index in [1.807, 2.05) is 0 Å². The van der Waals surface area contributed by atoms with Gasteiger partial charge in [-0.15, -0.1) is 0 Å². The molecule has 0 N–H and O–H groups in total. The van der Waals surface area contributed by atoms with E-state index in [1.165, 1.54) is 30.0 Å². The van der Waals surface area contributed by atoms with E-state index >= 15 is 0 Å². The number of likely N-dealkylation sites (tertiary alicyclic amines) is 1. The molecule has 1 aromatic carbocycles. The normalized spacial score (nSPS) is 17.7. The maximum atomic E-state index is 14.0. The molecule has 152 valence electrons. The van der Waals surface area contributed by atoms with E-state index in [0.29, 0.717) is 19.4 Å². The standard InChI is InChI=1S/C20H17F4N3O2/c1-11-9-14(20(22,23)24)16-17(26-29-18(16)25-11)12-5-4-8-27(10-12)19(28)13-6-2-3-7-15(13)21/h2-3,6-7,9,12H,4-5,8,10H2,1H3/t12-/m1/s1. The number of benzene rings is 1. The van der Waals surface area contributed by atoms with Crippen molar-refractivity contribution in [2.75, 3.05) is 13.1 Å². The third kappa shape index (κ3) is 3.56. The average Bonchev–Trinajstić information content (AvgIpc) is 3.10. The summed E-state index contributed by atoms with van der Waals surface area (Å²) in [4.78, 5) is 18.2. The van der Waals surface area contributed by atoms with Gasteiger partial charge in [0.2, 0.25) is 0 Å². The van der Waals surface area contributed by atoms with Crippen LogP contribution in [-0.4, -0.2) is 34.0 Å². The fraction of sp³-hybridized carbons (Fsp3) is 0.350. The number of amides is 1. The third-order valence-electron chi connectivity index (χ3n) is 5.11. The molecule has 0 bridgehead atoms. The molecular formula is C20H17F4N3O2. The number of alkyl halides is 3. The highest BCUT2D eigenvalue weighted by atomic mass is 19.4. The molecule has 0 aliphatic carbocycles. The Labute approximate surface area is 163 Å². The van der Waals surface area contributed by atoms with Crippen molar-refractivity contribution in [2.24, 2.45) is 0 Å². The Morgan fingerprint density at radius 2 is 2.03 bits per heavy atom. The molecule has 0 radical (unpaired) electrons. The number of aromatic nitrogens is 2. The minimum atomic E-state index is -4.59. The van der Waals surface area contributed by atoms with E-state index in [9.17, 15) is 22.4 Å². The molecule has 4 rings (SSSR count). The summed E-state index contributed by atoms with van der Waals surface area (Å²) in [6, 6.07) is 6.60. The second kappa shape index (κ2) is 7.13. The van der Waals surface area contributed by atoms with Crippen LogP contribution < -0.4 is 0 Å². The molecule has 3 aromatic rings. The number of carbonyl (C=O) groups excluding carboxylic acids is 1. The summed E-state index contributed by atoms with van der Waals surface area (Å²) in [5.74, 6) is -1.59. The van der Waals surface area contributed by atoms with Crippen molar-refractivity contribution in [3.63, 3.8) is 0 Å². The molecule has 0 spiro atoms. The minimum Gasteiger partial charge on any atom is -0.338 e. The summed E-state index contributed by atoms with van der Waals surface area (Å²) in [5, 5.41) is 3.70. The highest BCUT2D eigenvalue weighted by Crippen LogP contribution is 2.40. The Bertz CT molecular complexity index is 1080. The highest BCUT2D eigenvalue weighted by molar-refractivity contribution is 5.94. The van der Waals surface area contributed by atoms with Crippen molar-refractivity contribution < 1.29 is 26.9 Å². The van der Waals surface area contributed by atoms with Crippen LogP contribution >= 0.6 is 0 Å². The first-order chi connectivity index (χ1) is 13.8. The number of hydrogen-bond acceptors (Lipinski definition) is 4. The van der Waals surface area contributed by atoms with Gasteiger partial charge in [0, 0.05) is 24.7 Å². The predicted molar refractivity (Wildman–Crippen MR) is 95.8 cm³/mol. The molecule has 1 atom stereocenters. The first-order valence-electron chi connectivity index (χ1n) is 9.13. The minimum absolute atomic E-state index is 0.0635. The molecule has 2 aromatic heterocycles. The number of pyridine rings is 1.